The van der Waals surface area contributed by atoms with Crippen molar-refractivity contribution in [3.8, 4) is 0 Å². The number of ether oxygens (including phenoxy) is 1. The summed E-state index contributed by atoms with van der Waals surface area (Å²) in [4.78, 5) is 26.5. The number of carbonyl (C=O) groups excluding carboxylic acids is 2. The Morgan fingerprint density at radius 2 is 1.73 bits per heavy atom. The van der Waals surface area contributed by atoms with Gasteiger partial charge in [0.05, 0.1) is 6.04 Å². The number of β-lactam (4-membered cyclic amide) rings is 1. The summed E-state index contributed by atoms with van der Waals surface area (Å²) >= 11 is 0. The minimum absolute atomic E-state index is 0.137. The van der Waals surface area contributed by atoms with Gasteiger partial charge in [0.1, 0.15) is 12.7 Å². The highest BCUT2D eigenvalue weighted by Crippen LogP contribution is 2.44. The van der Waals surface area contributed by atoms with Crippen LogP contribution in [0.25, 0.3) is 0 Å². The summed E-state index contributed by atoms with van der Waals surface area (Å²) in [5.41, 5.74) is 0.916. The molecule has 1 saturated carbocycles. The van der Waals surface area contributed by atoms with Gasteiger partial charge in [-0.15, -0.1) is 0 Å². The minimum Gasteiger partial charge on any atom is -0.444 e. The number of rotatable bonds is 8. The molecule has 2 fully saturated rings. The summed E-state index contributed by atoms with van der Waals surface area (Å²) in [5.74, 6) is 0.159. The summed E-state index contributed by atoms with van der Waals surface area (Å²) in [7, 11) is -1.89. The molecule has 1 heterocycles. The molecule has 142 valence electrons. The second-order valence-corrected chi connectivity index (χ2v) is 12.1. The van der Waals surface area contributed by atoms with Crippen molar-refractivity contribution in [2.24, 2.45) is 5.92 Å². The third kappa shape index (κ3) is 3.71. The summed E-state index contributed by atoms with van der Waals surface area (Å²) < 4.78 is 11.8. The quantitative estimate of drug-likeness (QED) is 0.501. The SMILES string of the molecule is CC[Si](CC)(CC)O[C@H]1C(=O)N(C(=O)OCc2ccccc2)[C@H]1C1CC1. The molecule has 0 radical (unpaired) electrons. The first kappa shape index (κ1) is 19.1. The molecule has 0 spiro atoms. The molecule has 1 saturated heterocycles. The van der Waals surface area contributed by atoms with Gasteiger partial charge >= 0.3 is 6.09 Å². The van der Waals surface area contributed by atoms with Crippen LogP contribution >= 0.6 is 0 Å². The van der Waals surface area contributed by atoms with E-state index in [2.05, 4.69) is 20.8 Å². The van der Waals surface area contributed by atoms with Crippen molar-refractivity contribution in [1.29, 1.82) is 0 Å². The average molecular weight is 376 g/mol. The zero-order valence-electron chi connectivity index (χ0n) is 15.9. The highest BCUT2D eigenvalue weighted by Gasteiger charge is 2.59. The fourth-order valence-electron chi connectivity index (χ4n) is 3.77. The van der Waals surface area contributed by atoms with Gasteiger partial charge in [0.25, 0.3) is 5.91 Å². The van der Waals surface area contributed by atoms with Gasteiger partial charge in [-0.3, -0.25) is 4.79 Å². The predicted octanol–water partition coefficient (Wildman–Crippen LogP) is 4.33. The molecule has 1 aromatic rings. The average Bonchev–Trinajstić information content (AvgIpc) is 3.51. The summed E-state index contributed by atoms with van der Waals surface area (Å²) in [5, 5.41) is 0. The Labute approximate surface area is 156 Å². The summed E-state index contributed by atoms with van der Waals surface area (Å²) in [6.45, 7) is 6.64. The monoisotopic (exact) mass is 375 g/mol. The van der Waals surface area contributed by atoms with Crippen LogP contribution in [0.3, 0.4) is 0 Å². The van der Waals surface area contributed by atoms with E-state index in [-0.39, 0.29) is 18.6 Å². The van der Waals surface area contributed by atoms with Gasteiger partial charge in [-0.05, 0) is 42.5 Å². The van der Waals surface area contributed by atoms with E-state index in [1.807, 2.05) is 30.3 Å². The first-order valence-corrected chi connectivity index (χ1v) is 12.3. The Bertz CT molecular complexity index is 634. The molecule has 1 aliphatic carbocycles. The molecule has 2 atom stereocenters. The lowest BCUT2D eigenvalue weighted by Gasteiger charge is -2.48. The van der Waals surface area contributed by atoms with Crippen molar-refractivity contribution in [2.45, 2.75) is 70.5 Å². The zero-order chi connectivity index (χ0) is 18.7. The third-order valence-electron chi connectivity index (χ3n) is 5.91. The number of hydrogen-bond donors (Lipinski definition) is 0. The summed E-state index contributed by atoms with van der Waals surface area (Å²) in [6, 6.07) is 12.4. The van der Waals surface area contributed by atoms with Crippen LogP contribution in [0, 0.1) is 5.92 Å². The minimum atomic E-state index is -1.89. The second kappa shape index (κ2) is 7.92. The maximum Gasteiger partial charge on any atom is 0.417 e. The molecule has 0 aromatic heterocycles. The molecule has 1 aromatic carbocycles. The number of benzene rings is 1. The lowest BCUT2D eigenvalue weighted by Crippen LogP contribution is -2.70. The van der Waals surface area contributed by atoms with Crippen LogP contribution in [0.15, 0.2) is 30.3 Å². The van der Waals surface area contributed by atoms with Gasteiger partial charge in [-0.2, -0.15) is 0 Å². The molecule has 0 N–H and O–H groups in total. The van der Waals surface area contributed by atoms with Gasteiger partial charge < -0.3 is 9.16 Å². The van der Waals surface area contributed by atoms with Crippen LogP contribution in [-0.2, 0) is 20.6 Å². The lowest BCUT2D eigenvalue weighted by atomic mass is 9.94. The molecule has 0 unspecified atom stereocenters. The molecule has 1 aliphatic heterocycles. The highest BCUT2D eigenvalue weighted by atomic mass is 28.4. The van der Waals surface area contributed by atoms with Crippen LogP contribution in [0.5, 0.6) is 0 Å². The van der Waals surface area contributed by atoms with Crippen LogP contribution in [-0.4, -0.2) is 37.4 Å². The first-order valence-electron chi connectivity index (χ1n) is 9.76. The zero-order valence-corrected chi connectivity index (χ0v) is 16.9. The molecular weight excluding hydrogens is 346 g/mol. The predicted molar refractivity (Wildman–Crippen MR) is 102 cm³/mol. The molecule has 6 heteroatoms. The Balaban J connectivity index is 1.65. The largest absolute Gasteiger partial charge is 0.444 e. The number of imide groups is 1. The van der Waals surface area contributed by atoms with Crippen molar-refractivity contribution in [1.82, 2.24) is 4.90 Å². The molecule has 5 nitrogen and oxygen atoms in total. The van der Waals surface area contributed by atoms with Crippen LogP contribution in [0.1, 0.15) is 39.2 Å². The second-order valence-electron chi connectivity index (χ2n) is 7.36. The van der Waals surface area contributed by atoms with Crippen LogP contribution in [0.4, 0.5) is 4.79 Å². The normalized spacial score (nSPS) is 22.9. The van der Waals surface area contributed by atoms with E-state index in [0.717, 1.165) is 36.5 Å². The standard InChI is InChI=1S/C20H29NO4Si/c1-4-26(5-2,6-3)25-18-17(16-12-13-16)21(19(18)22)20(23)24-14-15-10-8-7-9-11-15/h7-11,16-18H,4-6,12-14H2,1-3H3/t17-,18+/m0/s1. The van der Waals surface area contributed by atoms with Gasteiger partial charge in [0, 0.05) is 0 Å². The van der Waals surface area contributed by atoms with Gasteiger partial charge in [0.15, 0.2) is 8.32 Å². The van der Waals surface area contributed by atoms with E-state index < -0.39 is 20.5 Å². The topological polar surface area (TPSA) is 55.8 Å². The smallest absolute Gasteiger partial charge is 0.417 e. The molecule has 2 amide bonds. The van der Waals surface area contributed by atoms with E-state index in [0.29, 0.717) is 5.92 Å². The van der Waals surface area contributed by atoms with Crippen LogP contribution < -0.4 is 0 Å². The Morgan fingerprint density at radius 3 is 2.27 bits per heavy atom. The van der Waals surface area contributed by atoms with Crippen molar-refractivity contribution >= 4 is 20.3 Å². The third-order valence-corrected chi connectivity index (χ3v) is 10.5. The van der Waals surface area contributed by atoms with E-state index >= 15 is 0 Å². The Kier molecular flexibility index (Phi) is 5.82. The Morgan fingerprint density at radius 1 is 1.12 bits per heavy atom. The number of hydrogen-bond acceptors (Lipinski definition) is 4. The number of amides is 2. The van der Waals surface area contributed by atoms with Crippen molar-refractivity contribution in [2.75, 3.05) is 0 Å². The van der Waals surface area contributed by atoms with E-state index in [1.165, 1.54) is 4.90 Å². The van der Waals surface area contributed by atoms with Crippen LogP contribution in [0.2, 0.25) is 18.1 Å². The van der Waals surface area contributed by atoms with E-state index in [1.54, 1.807) is 0 Å². The van der Waals surface area contributed by atoms with E-state index in [4.69, 9.17) is 9.16 Å². The van der Waals surface area contributed by atoms with Crippen molar-refractivity contribution in [3.05, 3.63) is 35.9 Å². The fourth-order valence-corrected chi connectivity index (χ4v) is 6.55. The highest BCUT2D eigenvalue weighted by molar-refractivity contribution is 6.73. The van der Waals surface area contributed by atoms with Gasteiger partial charge in [0.2, 0.25) is 0 Å². The van der Waals surface area contributed by atoms with Crippen molar-refractivity contribution in [3.63, 3.8) is 0 Å². The molecular formula is C20H29NO4Si. The molecule has 3 rings (SSSR count). The molecule has 26 heavy (non-hydrogen) atoms. The number of carbonyl (C=O) groups is 2. The number of nitrogens with zero attached hydrogens (tertiary/aromatic N) is 1. The Hall–Kier alpha value is -1.66. The fraction of sp³-hybridized carbons (Fsp3) is 0.600. The molecule has 2 aliphatic rings. The first-order chi connectivity index (χ1) is 12.5. The van der Waals surface area contributed by atoms with Gasteiger partial charge in [-0.25, -0.2) is 9.69 Å². The van der Waals surface area contributed by atoms with Crippen molar-refractivity contribution < 1.29 is 18.8 Å². The van der Waals surface area contributed by atoms with E-state index in [9.17, 15) is 9.59 Å². The maximum atomic E-state index is 12.7. The summed E-state index contributed by atoms with van der Waals surface area (Å²) in [6.07, 6.45) is 1.13. The molecule has 0 bridgehead atoms. The maximum absolute atomic E-state index is 12.7. The lowest BCUT2D eigenvalue weighted by molar-refractivity contribution is -0.162. The number of likely N-dealkylation sites (tertiary alicyclic amines) is 1. The van der Waals surface area contributed by atoms with Gasteiger partial charge in [-0.1, -0.05) is 51.1 Å².